The van der Waals surface area contributed by atoms with Gasteiger partial charge in [0.2, 0.25) is 0 Å². The van der Waals surface area contributed by atoms with Gasteiger partial charge in [0.05, 0.1) is 19.8 Å². The van der Waals surface area contributed by atoms with Crippen LogP contribution in [0.25, 0.3) is 0 Å². The lowest BCUT2D eigenvalue weighted by atomic mass is 10.1. The number of hydrogen-bond acceptors (Lipinski definition) is 10. The molecule has 11 nitrogen and oxygen atoms in total. The first-order chi connectivity index (χ1) is 39.2. The zero-order valence-corrected chi connectivity index (χ0v) is 51.7. The molecule has 0 radical (unpaired) electrons. The standard InChI is InChI=1S/C68H115O11P/c1-4-7-10-13-16-19-22-25-28-31-32-35-36-39-42-45-48-51-54-57-66(70)75-61-65(79-68(72)59-56-53-50-47-44-41-38-34-30-27-24-21-18-15-12-9-6-3)63-77-80(73,74)76-62-64(60-69)78-67(71)58-55-52-49-46-43-40-37-33-29-26-23-20-17-14-11-8-5-2/h7,10,16,18-19,21,25-30,32,35,39,42,48,51,64-65,69H,4-6,8-9,11-15,17,20,22-24,31,33-34,36-38,40-41,43-47,49-50,52-63H2,1-3H3,(H,73,74)/b10-7-,19-16-,21-18-,28-25-,29-26-,30-27-,35-32-,42-39-,51-48-. The minimum absolute atomic E-state index is 0.0950. The van der Waals surface area contributed by atoms with Gasteiger partial charge in [0, 0.05) is 19.3 Å². The average Bonchev–Trinajstić information content (AvgIpc) is 3.45. The van der Waals surface area contributed by atoms with E-state index in [1.807, 2.05) is 12.2 Å². The summed E-state index contributed by atoms with van der Waals surface area (Å²) in [6.45, 7) is 4.42. The van der Waals surface area contributed by atoms with Crippen molar-refractivity contribution in [3.63, 3.8) is 0 Å². The maximum atomic E-state index is 12.9. The third kappa shape index (κ3) is 58.8. The molecule has 0 aromatic heterocycles. The molecule has 2 N–H and O–H groups in total. The molecule has 0 bridgehead atoms. The van der Waals surface area contributed by atoms with E-state index >= 15 is 0 Å². The van der Waals surface area contributed by atoms with E-state index in [1.54, 1.807) is 0 Å². The van der Waals surface area contributed by atoms with Crippen LogP contribution in [-0.2, 0) is 42.2 Å². The molecule has 0 saturated heterocycles. The largest absolute Gasteiger partial charge is 0.472 e. The summed E-state index contributed by atoms with van der Waals surface area (Å²) in [6, 6.07) is 0. The SMILES string of the molecule is CC/C=C\C/C=C\C/C=C\C/C=C\C/C=C\C/C=C\CCC(=O)OCC(COP(=O)(O)OCC(CO)OC(=O)CCCCCCCCC/C=C\CCCCCCCC)OC(=O)CCCCCCCCC/C=C\C/C=C\CCCCC. The maximum Gasteiger partial charge on any atom is 0.472 e. The molecule has 0 heterocycles. The van der Waals surface area contributed by atoms with E-state index in [0.717, 1.165) is 103 Å². The molecular formula is C68H115O11P. The van der Waals surface area contributed by atoms with Crippen LogP contribution in [0.4, 0.5) is 0 Å². The van der Waals surface area contributed by atoms with Crippen molar-refractivity contribution >= 4 is 25.7 Å². The summed E-state index contributed by atoms with van der Waals surface area (Å²) >= 11 is 0. The van der Waals surface area contributed by atoms with Crippen molar-refractivity contribution in [1.82, 2.24) is 0 Å². The van der Waals surface area contributed by atoms with Crippen LogP contribution in [0.5, 0.6) is 0 Å². The lowest BCUT2D eigenvalue weighted by molar-refractivity contribution is -0.161. The Labute approximate surface area is 488 Å². The molecule has 0 aliphatic carbocycles. The summed E-state index contributed by atoms with van der Waals surface area (Å²) in [6.07, 6.45) is 74.8. The molecule has 0 aliphatic heterocycles. The van der Waals surface area contributed by atoms with Crippen molar-refractivity contribution < 1.29 is 52.2 Å². The fraction of sp³-hybridized carbons (Fsp3) is 0.691. The second-order valence-electron chi connectivity index (χ2n) is 20.8. The van der Waals surface area contributed by atoms with E-state index in [9.17, 15) is 28.9 Å². The molecule has 0 aliphatic rings. The summed E-state index contributed by atoms with van der Waals surface area (Å²) in [7, 11) is -4.78. The summed E-state index contributed by atoms with van der Waals surface area (Å²) < 4.78 is 39.6. The molecule has 458 valence electrons. The smallest absolute Gasteiger partial charge is 0.462 e. The van der Waals surface area contributed by atoms with Gasteiger partial charge in [-0.1, -0.05) is 239 Å². The van der Waals surface area contributed by atoms with Gasteiger partial charge < -0.3 is 24.2 Å². The Morgan fingerprint density at radius 1 is 0.362 bits per heavy atom. The van der Waals surface area contributed by atoms with Gasteiger partial charge in [0.25, 0.3) is 0 Å². The summed E-state index contributed by atoms with van der Waals surface area (Å²) in [5.41, 5.74) is 0. The molecule has 12 heteroatoms. The molecular weight excluding hydrogens is 1020 g/mol. The van der Waals surface area contributed by atoms with E-state index < -0.39 is 57.8 Å². The highest BCUT2D eigenvalue weighted by Crippen LogP contribution is 2.43. The van der Waals surface area contributed by atoms with E-state index in [-0.39, 0.29) is 25.9 Å². The minimum atomic E-state index is -4.78. The van der Waals surface area contributed by atoms with Crippen LogP contribution in [0.3, 0.4) is 0 Å². The number of aliphatic hydroxyl groups is 1. The van der Waals surface area contributed by atoms with Gasteiger partial charge in [-0.2, -0.15) is 0 Å². The van der Waals surface area contributed by atoms with Gasteiger partial charge in [-0.3, -0.25) is 23.4 Å². The van der Waals surface area contributed by atoms with Gasteiger partial charge in [0.1, 0.15) is 12.7 Å². The van der Waals surface area contributed by atoms with Gasteiger partial charge in [-0.05, 0) is 116 Å². The fourth-order valence-electron chi connectivity index (χ4n) is 8.35. The Kier molecular flexibility index (Phi) is 58.3. The number of unbranched alkanes of at least 4 members (excludes halogenated alkanes) is 23. The summed E-state index contributed by atoms with van der Waals surface area (Å²) in [5.74, 6) is -1.58. The third-order valence-corrected chi connectivity index (χ3v) is 14.1. The first-order valence-corrected chi connectivity index (χ1v) is 33.3. The number of allylic oxidation sites excluding steroid dienone is 18. The van der Waals surface area contributed by atoms with Gasteiger partial charge >= 0.3 is 25.7 Å². The first-order valence-electron chi connectivity index (χ1n) is 31.8. The number of phosphoric acid groups is 1. The zero-order valence-electron chi connectivity index (χ0n) is 50.8. The minimum Gasteiger partial charge on any atom is -0.462 e. The Morgan fingerprint density at radius 2 is 0.675 bits per heavy atom. The summed E-state index contributed by atoms with van der Waals surface area (Å²) in [5, 5.41) is 9.85. The zero-order chi connectivity index (χ0) is 58.3. The van der Waals surface area contributed by atoms with Crippen LogP contribution >= 0.6 is 7.82 Å². The molecule has 3 unspecified atom stereocenters. The Morgan fingerprint density at radius 3 is 1.09 bits per heavy atom. The van der Waals surface area contributed by atoms with Gasteiger partial charge in [0.15, 0.2) is 6.10 Å². The second kappa shape index (κ2) is 61.2. The van der Waals surface area contributed by atoms with Crippen LogP contribution < -0.4 is 0 Å². The Bertz CT molecular complexity index is 1760. The van der Waals surface area contributed by atoms with Gasteiger partial charge in [-0.25, -0.2) is 4.57 Å². The van der Waals surface area contributed by atoms with Crippen LogP contribution in [-0.4, -0.2) is 66.5 Å². The molecule has 80 heavy (non-hydrogen) atoms. The Balaban J connectivity index is 4.82. The first kappa shape index (κ1) is 76.1. The number of carbonyl (C=O) groups is 3. The van der Waals surface area contributed by atoms with E-state index in [2.05, 4.69) is 118 Å². The predicted molar refractivity (Wildman–Crippen MR) is 334 cm³/mol. The highest BCUT2D eigenvalue weighted by Gasteiger charge is 2.28. The van der Waals surface area contributed by atoms with Crippen molar-refractivity contribution in [2.45, 2.75) is 277 Å². The third-order valence-electron chi connectivity index (χ3n) is 13.2. The summed E-state index contributed by atoms with van der Waals surface area (Å²) in [4.78, 5) is 48.7. The number of hydrogen-bond donors (Lipinski definition) is 2. The van der Waals surface area contributed by atoms with Crippen molar-refractivity contribution in [1.29, 1.82) is 0 Å². The van der Waals surface area contributed by atoms with Crippen LogP contribution in [0, 0.1) is 0 Å². The molecule has 0 fully saturated rings. The van der Waals surface area contributed by atoms with Crippen LogP contribution in [0.15, 0.2) is 109 Å². The number of carbonyl (C=O) groups excluding carboxylic acids is 3. The molecule has 0 aromatic rings. The van der Waals surface area contributed by atoms with Crippen molar-refractivity contribution in [3.8, 4) is 0 Å². The molecule has 0 aromatic carbocycles. The van der Waals surface area contributed by atoms with Gasteiger partial charge in [-0.15, -0.1) is 0 Å². The normalized spacial score (nSPS) is 14.0. The number of phosphoric ester groups is 1. The number of esters is 3. The lowest BCUT2D eigenvalue weighted by Gasteiger charge is -2.21. The molecule has 0 rings (SSSR count). The lowest BCUT2D eigenvalue weighted by Crippen LogP contribution is -2.30. The molecule has 0 saturated carbocycles. The average molecular weight is 1140 g/mol. The Hall–Kier alpha value is -3.86. The van der Waals surface area contributed by atoms with Crippen molar-refractivity contribution in [2.75, 3.05) is 26.4 Å². The number of aliphatic hydroxyl groups excluding tert-OH is 1. The van der Waals surface area contributed by atoms with Crippen LogP contribution in [0.2, 0.25) is 0 Å². The van der Waals surface area contributed by atoms with E-state index in [1.165, 1.54) is 103 Å². The van der Waals surface area contributed by atoms with Crippen molar-refractivity contribution in [2.24, 2.45) is 0 Å². The highest BCUT2D eigenvalue weighted by molar-refractivity contribution is 7.47. The quantitative estimate of drug-likeness (QED) is 0.0197. The monoisotopic (exact) mass is 1140 g/mol. The number of rotatable bonds is 58. The van der Waals surface area contributed by atoms with Crippen LogP contribution in [0.1, 0.15) is 265 Å². The molecule has 0 spiro atoms. The van der Waals surface area contributed by atoms with Crippen molar-refractivity contribution in [3.05, 3.63) is 109 Å². The topological polar surface area (TPSA) is 155 Å². The highest BCUT2D eigenvalue weighted by atomic mass is 31.2. The second-order valence-corrected chi connectivity index (χ2v) is 22.3. The van der Waals surface area contributed by atoms with E-state index in [0.29, 0.717) is 19.3 Å². The fourth-order valence-corrected chi connectivity index (χ4v) is 9.13. The maximum absolute atomic E-state index is 12.9. The van der Waals surface area contributed by atoms with E-state index in [4.69, 9.17) is 23.3 Å². The molecule has 3 atom stereocenters. The molecule has 0 amide bonds. The predicted octanol–water partition coefficient (Wildman–Crippen LogP) is 19.4. The number of ether oxygens (including phenoxy) is 3.